The number of hydrogen-bond acceptors (Lipinski definition) is 6. The number of para-hydroxylation sites is 1. The summed E-state index contributed by atoms with van der Waals surface area (Å²) in [5, 5.41) is 0. The average molecular weight is 288 g/mol. The molecular weight excluding hydrogens is 268 g/mol. The highest BCUT2D eigenvalue weighted by Crippen LogP contribution is 2.30. The first-order valence-electron chi connectivity index (χ1n) is 6.73. The first kappa shape index (κ1) is 15.2. The predicted octanol–water partition coefficient (Wildman–Crippen LogP) is 1.83. The summed E-state index contributed by atoms with van der Waals surface area (Å²) in [4.78, 5) is 8.27. The minimum absolute atomic E-state index is 0.0736. The lowest BCUT2D eigenvalue weighted by Crippen LogP contribution is -2.30. The zero-order valence-corrected chi connectivity index (χ0v) is 12.4. The van der Waals surface area contributed by atoms with Gasteiger partial charge in [0.1, 0.15) is 12.1 Å². The number of hydrogen-bond donors (Lipinski definition) is 2. The van der Waals surface area contributed by atoms with Gasteiger partial charge < -0.3 is 9.47 Å². The molecule has 2 rings (SSSR count). The lowest BCUT2D eigenvalue weighted by molar-refractivity contribution is 0.238. The monoisotopic (exact) mass is 288 g/mol. The number of nitrogens with one attached hydrogen (secondary N) is 1. The normalized spacial score (nSPS) is 12.2. The average Bonchev–Trinajstić information content (AvgIpc) is 2.49. The van der Waals surface area contributed by atoms with Crippen molar-refractivity contribution in [3.63, 3.8) is 0 Å². The van der Waals surface area contributed by atoms with E-state index in [1.165, 1.54) is 6.33 Å². The molecule has 1 aromatic carbocycles. The molecule has 6 nitrogen and oxygen atoms in total. The van der Waals surface area contributed by atoms with E-state index in [4.69, 9.17) is 15.3 Å². The van der Waals surface area contributed by atoms with Crippen LogP contribution in [0.4, 0.5) is 0 Å². The Balaban J connectivity index is 2.41. The van der Waals surface area contributed by atoms with Crippen LogP contribution in [-0.2, 0) is 0 Å². The molecule has 3 N–H and O–H groups in total. The minimum atomic E-state index is -0.308. The fourth-order valence-electron chi connectivity index (χ4n) is 2.04. The molecule has 0 aliphatic carbocycles. The summed E-state index contributed by atoms with van der Waals surface area (Å²) in [7, 11) is 1.56. The molecule has 2 aromatic rings. The number of hydrazine groups is 1. The molecule has 1 atom stereocenters. The highest BCUT2D eigenvalue weighted by Gasteiger charge is 2.19. The van der Waals surface area contributed by atoms with E-state index < -0.39 is 0 Å². The topological polar surface area (TPSA) is 82.3 Å². The number of rotatable bonds is 6. The van der Waals surface area contributed by atoms with Crippen molar-refractivity contribution in [2.24, 2.45) is 5.84 Å². The van der Waals surface area contributed by atoms with Gasteiger partial charge in [-0.3, -0.25) is 5.84 Å². The van der Waals surface area contributed by atoms with Gasteiger partial charge in [0.15, 0.2) is 0 Å². The van der Waals surface area contributed by atoms with E-state index in [9.17, 15) is 0 Å². The summed E-state index contributed by atoms with van der Waals surface area (Å²) < 4.78 is 11.0. The van der Waals surface area contributed by atoms with Gasteiger partial charge in [-0.1, -0.05) is 18.2 Å². The summed E-state index contributed by atoms with van der Waals surface area (Å²) in [5.74, 6) is 6.98. The summed E-state index contributed by atoms with van der Waals surface area (Å²) in [5.41, 5.74) is 4.40. The van der Waals surface area contributed by atoms with Crippen LogP contribution in [0, 0.1) is 0 Å². The molecule has 0 spiro atoms. The molecular formula is C15H20N4O2. The summed E-state index contributed by atoms with van der Waals surface area (Å²) >= 11 is 0. The molecule has 0 amide bonds. The number of ether oxygens (including phenoxy) is 2. The first-order valence-corrected chi connectivity index (χ1v) is 6.73. The van der Waals surface area contributed by atoms with Gasteiger partial charge >= 0.3 is 0 Å². The second kappa shape index (κ2) is 7.01. The Kier molecular flexibility index (Phi) is 5.08. The van der Waals surface area contributed by atoms with E-state index in [2.05, 4.69) is 15.4 Å². The Morgan fingerprint density at radius 2 is 1.95 bits per heavy atom. The first-order chi connectivity index (χ1) is 10.2. The van der Waals surface area contributed by atoms with Crippen molar-refractivity contribution in [2.45, 2.75) is 26.0 Å². The molecule has 6 heteroatoms. The van der Waals surface area contributed by atoms with Crippen LogP contribution in [0.2, 0.25) is 0 Å². The Bertz CT molecular complexity index is 589. The minimum Gasteiger partial charge on any atom is -0.491 e. The Morgan fingerprint density at radius 3 is 2.62 bits per heavy atom. The van der Waals surface area contributed by atoms with E-state index in [1.54, 1.807) is 13.2 Å². The Morgan fingerprint density at radius 1 is 1.19 bits per heavy atom. The Labute approximate surface area is 124 Å². The molecule has 1 aromatic heterocycles. The standard InChI is InChI=1S/C15H20N4O2/c1-10(2)21-13-7-5-4-6-11(13)15(19-16)12-8-14(20-3)18-9-17-12/h4-10,15,19H,16H2,1-3H3. The molecule has 0 fully saturated rings. The highest BCUT2D eigenvalue weighted by atomic mass is 16.5. The maximum absolute atomic E-state index is 5.84. The van der Waals surface area contributed by atoms with Gasteiger partial charge in [0, 0.05) is 11.6 Å². The lowest BCUT2D eigenvalue weighted by atomic mass is 10.0. The number of nitrogens with zero attached hydrogens (tertiary/aromatic N) is 2. The van der Waals surface area contributed by atoms with Crippen LogP contribution in [0.15, 0.2) is 36.7 Å². The zero-order valence-electron chi connectivity index (χ0n) is 12.4. The number of benzene rings is 1. The van der Waals surface area contributed by atoms with Gasteiger partial charge in [0.2, 0.25) is 5.88 Å². The zero-order chi connectivity index (χ0) is 15.2. The predicted molar refractivity (Wildman–Crippen MR) is 80.0 cm³/mol. The van der Waals surface area contributed by atoms with Crippen LogP contribution in [0.5, 0.6) is 11.6 Å². The van der Waals surface area contributed by atoms with Crippen LogP contribution in [0.3, 0.4) is 0 Å². The van der Waals surface area contributed by atoms with Crippen LogP contribution in [-0.4, -0.2) is 23.2 Å². The Hall–Kier alpha value is -2.18. The van der Waals surface area contributed by atoms with Gasteiger partial charge in [0.05, 0.1) is 24.9 Å². The SMILES string of the molecule is COc1cc(C(NN)c2ccccc2OC(C)C)ncn1. The molecule has 112 valence electrons. The maximum atomic E-state index is 5.84. The van der Waals surface area contributed by atoms with E-state index >= 15 is 0 Å². The van der Waals surface area contributed by atoms with Gasteiger partial charge in [-0.25, -0.2) is 15.4 Å². The molecule has 0 saturated heterocycles. The van der Waals surface area contributed by atoms with E-state index in [0.29, 0.717) is 11.6 Å². The van der Waals surface area contributed by atoms with E-state index in [0.717, 1.165) is 11.3 Å². The van der Waals surface area contributed by atoms with Crippen LogP contribution < -0.4 is 20.7 Å². The van der Waals surface area contributed by atoms with Crippen LogP contribution in [0.1, 0.15) is 31.1 Å². The van der Waals surface area contributed by atoms with Crippen molar-refractivity contribution in [2.75, 3.05) is 7.11 Å². The molecule has 0 aliphatic heterocycles. The van der Waals surface area contributed by atoms with Crippen LogP contribution >= 0.6 is 0 Å². The maximum Gasteiger partial charge on any atom is 0.216 e. The van der Waals surface area contributed by atoms with Crippen LogP contribution in [0.25, 0.3) is 0 Å². The van der Waals surface area contributed by atoms with Gasteiger partial charge in [-0.2, -0.15) is 0 Å². The lowest BCUT2D eigenvalue weighted by Gasteiger charge is -2.21. The number of methoxy groups -OCH3 is 1. The number of aromatic nitrogens is 2. The fraction of sp³-hybridized carbons (Fsp3) is 0.333. The fourth-order valence-corrected chi connectivity index (χ4v) is 2.04. The molecule has 0 bridgehead atoms. The van der Waals surface area contributed by atoms with Gasteiger partial charge in [-0.15, -0.1) is 0 Å². The summed E-state index contributed by atoms with van der Waals surface area (Å²) in [6.07, 6.45) is 1.52. The molecule has 1 heterocycles. The second-order valence-corrected chi connectivity index (χ2v) is 4.79. The summed E-state index contributed by atoms with van der Waals surface area (Å²) in [6.45, 7) is 3.96. The molecule has 21 heavy (non-hydrogen) atoms. The van der Waals surface area contributed by atoms with Gasteiger partial charge in [0.25, 0.3) is 0 Å². The number of nitrogens with two attached hydrogens (primary N) is 1. The van der Waals surface area contributed by atoms with Crippen molar-refractivity contribution in [1.29, 1.82) is 0 Å². The van der Waals surface area contributed by atoms with E-state index in [-0.39, 0.29) is 12.1 Å². The van der Waals surface area contributed by atoms with Crippen molar-refractivity contribution in [3.8, 4) is 11.6 Å². The van der Waals surface area contributed by atoms with Crippen molar-refractivity contribution in [3.05, 3.63) is 47.9 Å². The van der Waals surface area contributed by atoms with Crippen molar-refractivity contribution in [1.82, 2.24) is 15.4 Å². The van der Waals surface area contributed by atoms with Crippen molar-refractivity contribution < 1.29 is 9.47 Å². The molecule has 0 radical (unpaired) electrons. The molecule has 0 saturated carbocycles. The third-order valence-electron chi connectivity index (χ3n) is 2.93. The molecule has 0 aliphatic rings. The largest absolute Gasteiger partial charge is 0.491 e. The molecule has 1 unspecified atom stereocenters. The summed E-state index contributed by atoms with van der Waals surface area (Å²) in [6, 6.07) is 9.17. The highest BCUT2D eigenvalue weighted by molar-refractivity contribution is 5.40. The van der Waals surface area contributed by atoms with Gasteiger partial charge in [-0.05, 0) is 19.9 Å². The second-order valence-electron chi connectivity index (χ2n) is 4.79. The smallest absolute Gasteiger partial charge is 0.216 e. The third-order valence-corrected chi connectivity index (χ3v) is 2.93. The van der Waals surface area contributed by atoms with E-state index in [1.807, 2.05) is 38.1 Å². The van der Waals surface area contributed by atoms with Crippen molar-refractivity contribution >= 4 is 0 Å². The quantitative estimate of drug-likeness (QED) is 0.623. The third kappa shape index (κ3) is 3.68.